The number of fused-ring (bicyclic) bond motifs is 1. The van der Waals surface area contributed by atoms with Crippen molar-refractivity contribution in [1.29, 1.82) is 0 Å². The van der Waals surface area contributed by atoms with Crippen LogP contribution in [0.5, 0.6) is 5.88 Å². The largest absolute Gasteiger partial charge is 0.494 e. The average Bonchev–Trinajstić information content (AvgIpc) is 2.56. The fraction of sp³-hybridized carbons (Fsp3) is 0.182. The van der Waals surface area contributed by atoms with Crippen molar-refractivity contribution < 1.29 is 10.2 Å². The Morgan fingerprint density at radius 3 is 2.93 bits per heavy atom. The van der Waals surface area contributed by atoms with Gasteiger partial charge in [0.15, 0.2) is 5.88 Å². The lowest BCUT2D eigenvalue weighted by molar-refractivity contribution is 0.307. The summed E-state index contributed by atoms with van der Waals surface area (Å²) in [4.78, 5) is 6.84. The van der Waals surface area contributed by atoms with Crippen LogP contribution in [0, 0.1) is 0 Å². The Kier molecular flexibility index (Phi) is 2.69. The summed E-state index contributed by atoms with van der Waals surface area (Å²) in [5.41, 5.74) is 1.54. The van der Waals surface area contributed by atoms with E-state index in [-0.39, 0.29) is 12.5 Å². The smallest absolute Gasteiger partial charge is 0.198 e. The molecule has 2 rings (SSSR count). The molecule has 0 unspecified atom stereocenters. The van der Waals surface area contributed by atoms with Gasteiger partial charge < -0.3 is 15.2 Å². The van der Waals surface area contributed by atoms with Gasteiger partial charge in [-0.3, -0.25) is 4.99 Å². The maximum absolute atomic E-state index is 9.62. The lowest BCUT2D eigenvalue weighted by Gasteiger charge is -1.91. The molecule has 0 atom stereocenters. The van der Waals surface area contributed by atoms with Crippen LogP contribution in [0.15, 0.2) is 29.3 Å². The molecule has 78 valence electrons. The number of benzene rings is 1. The Morgan fingerprint density at radius 1 is 1.33 bits per heavy atom. The van der Waals surface area contributed by atoms with Crippen molar-refractivity contribution in [2.24, 2.45) is 4.99 Å². The third-order valence-corrected chi connectivity index (χ3v) is 2.17. The van der Waals surface area contributed by atoms with Gasteiger partial charge in [-0.05, 0) is 6.07 Å². The molecule has 0 fully saturated rings. The van der Waals surface area contributed by atoms with E-state index >= 15 is 0 Å². The summed E-state index contributed by atoms with van der Waals surface area (Å²) in [6, 6.07) is 7.59. The van der Waals surface area contributed by atoms with Crippen molar-refractivity contribution in [2.75, 3.05) is 13.2 Å². The second-order valence-electron chi connectivity index (χ2n) is 3.19. The quantitative estimate of drug-likeness (QED) is 0.659. The molecule has 2 aromatic rings. The van der Waals surface area contributed by atoms with Crippen LogP contribution >= 0.6 is 0 Å². The predicted octanol–water partition coefficient (Wildman–Crippen LogP) is 1.28. The number of hydrogen-bond donors (Lipinski definition) is 3. The second-order valence-corrected chi connectivity index (χ2v) is 3.19. The Morgan fingerprint density at radius 2 is 2.13 bits per heavy atom. The van der Waals surface area contributed by atoms with Crippen LogP contribution in [0.3, 0.4) is 0 Å². The van der Waals surface area contributed by atoms with Crippen LogP contribution in [0.25, 0.3) is 10.9 Å². The molecule has 0 aliphatic rings. The monoisotopic (exact) mass is 204 g/mol. The third-order valence-electron chi connectivity index (χ3n) is 2.17. The topological polar surface area (TPSA) is 68.6 Å². The van der Waals surface area contributed by atoms with Gasteiger partial charge in [0.2, 0.25) is 0 Å². The molecule has 1 aromatic carbocycles. The van der Waals surface area contributed by atoms with E-state index in [0.29, 0.717) is 12.1 Å². The molecule has 4 heteroatoms. The van der Waals surface area contributed by atoms with Gasteiger partial charge in [-0.25, -0.2) is 0 Å². The first-order valence-electron chi connectivity index (χ1n) is 4.73. The molecule has 15 heavy (non-hydrogen) atoms. The van der Waals surface area contributed by atoms with Crippen molar-refractivity contribution >= 4 is 17.1 Å². The highest BCUT2D eigenvalue weighted by atomic mass is 16.3. The average molecular weight is 204 g/mol. The number of hydrogen-bond acceptors (Lipinski definition) is 3. The molecule has 0 radical (unpaired) electrons. The Hall–Kier alpha value is -1.81. The van der Waals surface area contributed by atoms with Crippen LogP contribution in [0.1, 0.15) is 5.56 Å². The molecule has 4 nitrogen and oxygen atoms in total. The van der Waals surface area contributed by atoms with Crippen molar-refractivity contribution in [2.45, 2.75) is 0 Å². The van der Waals surface area contributed by atoms with E-state index in [2.05, 4.69) is 9.98 Å². The van der Waals surface area contributed by atoms with Crippen molar-refractivity contribution in [3.8, 4) is 5.88 Å². The van der Waals surface area contributed by atoms with Crippen molar-refractivity contribution in [3.63, 3.8) is 0 Å². The molecule has 0 bridgehead atoms. The van der Waals surface area contributed by atoms with Crippen LogP contribution in [0.4, 0.5) is 0 Å². The number of aromatic hydroxyl groups is 1. The molecule has 0 saturated carbocycles. The summed E-state index contributed by atoms with van der Waals surface area (Å²) in [5.74, 6) is 0.109. The number of para-hydroxylation sites is 1. The Labute approximate surface area is 86.9 Å². The summed E-state index contributed by atoms with van der Waals surface area (Å²) < 4.78 is 0. The van der Waals surface area contributed by atoms with Crippen LogP contribution in [0.2, 0.25) is 0 Å². The number of nitrogens with zero attached hydrogens (tertiary/aromatic N) is 1. The zero-order valence-electron chi connectivity index (χ0n) is 8.14. The highest BCUT2D eigenvalue weighted by Gasteiger charge is 2.06. The molecule has 1 heterocycles. The van der Waals surface area contributed by atoms with Gasteiger partial charge in [0.05, 0.1) is 18.7 Å². The summed E-state index contributed by atoms with van der Waals surface area (Å²) >= 11 is 0. The molecule has 3 N–H and O–H groups in total. The van der Waals surface area contributed by atoms with Crippen LogP contribution in [-0.2, 0) is 0 Å². The van der Waals surface area contributed by atoms with Gasteiger partial charge in [-0.15, -0.1) is 0 Å². The van der Waals surface area contributed by atoms with E-state index in [1.165, 1.54) is 0 Å². The van der Waals surface area contributed by atoms with Gasteiger partial charge in [0.25, 0.3) is 0 Å². The standard InChI is InChI=1S/C11H12N2O2/c14-6-5-12-7-9-8-3-1-2-4-10(8)13-11(9)15/h1-4,7,13-15H,5-6H2. The first-order valence-corrected chi connectivity index (χ1v) is 4.73. The normalized spacial score (nSPS) is 11.5. The first kappa shape index (κ1) is 9.73. The Balaban J connectivity index is 2.45. The number of aliphatic hydroxyl groups excluding tert-OH is 1. The van der Waals surface area contributed by atoms with E-state index < -0.39 is 0 Å². The van der Waals surface area contributed by atoms with E-state index in [1.807, 2.05) is 24.3 Å². The van der Waals surface area contributed by atoms with E-state index in [9.17, 15) is 5.11 Å². The molecule has 1 aromatic heterocycles. The maximum atomic E-state index is 9.62. The highest BCUT2D eigenvalue weighted by molar-refractivity contribution is 6.01. The highest BCUT2D eigenvalue weighted by Crippen LogP contribution is 2.24. The number of nitrogens with one attached hydrogen (secondary N) is 1. The second kappa shape index (κ2) is 4.14. The van der Waals surface area contributed by atoms with E-state index in [0.717, 1.165) is 10.9 Å². The van der Waals surface area contributed by atoms with Crippen molar-refractivity contribution in [3.05, 3.63) is 29.8 Å². The number of aromatic nitrogens is 1. The molecule has 0 spiro atoms. The molecule has 0 saturated heterocycles. The number of aliphatic hydroxyl groups is 1. The SMILES string of the molecule is OCCN=Cc1c(O)[nH]c2ccccc12. The fourth-order valence-electron chi connectivity index (χ4n) is 1.49. The minimum absolute atomic E-state index is 0.0135. The molecule has 0 amide bonds. The zero-order valence-corrected chi connectivity index (χ0v) is 8.14. The Bertz CT molecular complexity index is 488. The third kappa shape index (κ3) is 1.85. The van der Waals surface area contributed by atoms with E-state index in [4.69, 9.17) is 5.11 Å². The molecular weight excluding hydrogens is 192 g/mol. The molecule has 0 aliphatic heterocycles. The van der Waals surface area contributed by atoms with Crippen LogP contribution in [-0.4, -0.2) is 34.6 Å². The maximum Gasteiger partial charge on any atom is 0.198 e. The fourth-order valence-corrected chi connectivity index (χ4v) is 1.49. The van der Waals surface area contributed by atoms with Crippen LogP contribution < -0.4 is 0 Å². The van der Waals surface area contributed by atoms with Gasteiger partial charge in [-0.1, -0.05) is 18.2 Å². The molecular formula is C11H12N2O2. The van der Waals surface area contributed by atoms with Crippen molar-refractivity contribution in [1.82, 2.24) is 4.98 Å². The number of H-pyrrole nitrogens is 1. The minimum atomic E-state index is 0.0135. The lowest BCUT2D eigenvalue weighted by atomic mass is 10.2. The van der Waals surface area contributed by atoms with Gasteiger partial charge >= 0.3 is 0 Å². The first-order chi connectivity index (χ1) is 7.33. The number of rotatable bonds is 3. The predicted molar refractivity (Wildman–Crippen MR) is 59.5 cm³/mol. The summed E-state index contributed by atoms with van der Waals surface area (Å²) in [5, 5.41) is 19.1. The molecule has 0 aliphatic carbocycles. The van der Waals surface area contributed by atoms with Gasteiger partial charge in [-0.2, -0.15) is 0 Å². The van der Waals surface area contributed by atoms with Gasteiger partial charge in [0.1, 0.15) is 0 Å². The summed E-state index contributed by atoms with van der Waals surface area (Å²) in [6.07, 6.45) is 1.57. The minimum Gasteiger partial charge on any atom is -0.494 e. The lowest BCUT2D eigenvalue weighted by Crippen LogP contribution is -1.88. The number of aromatic amines is 1. The summed E-state index contributed by atoms with van der Waals surface area (Å²) in [7, 11) is 0. The number of aliphatic imine (C=N–C) groups is 1. The summed E-state index contributed by atoms with van der Waals surface area (Å²) in [6.45, 7) is 0.360. The van der Waals surface area contributed by atoms with E-state index in [1.54, 1.807) is 6.21 Å². The van der Waals surface area contributed by atoms with Gasteiger partial charge in [0, 0.05) is 17.1 Å². The zero-order chi connectivity index (χ0) is 10.7.